The molecule has 0 saturated heterocycles. The number of rotatable bonds is 21. The first-order valence-electron chi connectivity index (χ1n) is 10.7. The van der Waals surface area contributed by atoms with E-state index in [1.807, 2.05) is 0 Å². The Balaban J connectivity index is 3.73. The summed E-state index contributed by atoms with van der Waals surface area (Å²) in [6.07, 6.45) is 14.0. The third-order valence-electron chi connectivity index (χ3n) is 4.29. The molecule has 0 aromatic carbocycles. The highest BCUT2D eigenvalue weighted by atomic mass is 31.2. The molecule has 3 atom stereocenters. The summed E-state index contributed by atoms with van der Waals surface area (Å²) in [5, 5.41) is 9.78. The van der Waals surface area contributed by atoms with Crippen molar-refractivity contribution in [3.8, 4) is 0 Å². The summed E-state index contributed by atoms with van der Waals surface area (Å²) in [7, 11) is -2.55. The van der Waals surface area contributed by atoms with E-state index in [0.717, 1.165) is 25.7 Å². The zero-order chi connectivity index (χ0) is 21.8. The maximum atomic E-state index is 11.5. The van der Waals surface area contributed by atoms with Gasteiger partial charge in [-0.2, -0.15) is 0 Å². The van der Waals surface area contributed by atoms with E-state index >= 15 is 0 Å². The fourth-order valence-corrected chi connectivity index (χ4v) is 3.37. The number of aliphatic hydroxyl groups excluding tert-OH is 1. The highest BCUT2D eigenvalue weighted by Crippen LogP contribution is 2.42. The molecular weight excluding hydrogens is 397 g/mol. The average molecular weight is 440 g/mol. The van der Waals surface area contributed by atoms with Crippen LogP contribution >= 0.6 is 7.82 Å². The maximum absolute atomic E-state index is 11.5. The van der Waals surface area contributed by atoms with E-state index in [1.165, 1.54) is 32.1 Å². The maximum Gasteiger partial charge on any atom is 0.472 e. The summed E-state index contributed by atoms with van der Waals surface area (Å²) in [5.74, 6) is 0. The van der Waals surface area contributed by atoms with Gasteiger partial charge in [0, 0.05) is 13.7 Å². The molecule has 0 heterocycles. The van der Waals surface area contributed by atoms with Crippen molar-refractivity contribution >= 4 is 7.82 Å². The van der Waals surface area contributed by atoms with Crippen LogP contribution in [0.5, 0.6) is 0 Å². The van der Waals surface area contributed by atoms with Gasteiger partial charge in [-0.25, -0.2) is 4.57 Å². The van der Waals surface area contributed by atoms with Crippen LogP contribution in [0, 0.1) is 0 Å². The Kier molecular flexibility index (Phi) is 19.4. The summed E-state index contributed by atoms with van der Waals surface area (Å²) in [6.45, 7) is 2.20. The number of nitrogens with two attached hydrogens (primary N) is 1. The normalized spacial score (nSPS) is 16.2. The Morgan fingerprint density at radius 3 is 2.34 bits per heavy atom. The first-order valence-corrected chi connectivity index (χ1v) is 12.2. The van der Waals surface area contributed by atoms with Crippen LogP contribution in [0.25, 0.3) is 0 Å². The molecule has 0 aliphatic carbocycles. The van der Waals surface area contributed by atoms with Crippen molar-refractivity contribution in [3.05, 3.63) is 12.2 Å². The molecule has 0 radical (unpaired) electrons. The highest BCUT2D eigenvalue weighted by molar-refractivity contribution is 7.47. The molecule has 0 rings (SSSR count). The van der Waals surface area contributed by atoms with E-state index in [1.54, 1.807) is 7.11 Å². The Bertz CT molecular complexity index is 437. The first kappa shape index (κ1) is 28.7. The summed E-state index contributed by atoms with van der Waals surface area (Å²) >= 11 is 0. The van der Waals surface area contributed by atoms with Gasteiger partial charge in [0.2, 0.25) is 0 Å². The molecule has 4 N–H and O–H groups in total. The van der Waals surface area contributed by atoms with Crippen LogP contribution in [0.15, 0.2) is 12.2 Å². The lowest BCUT2D eigenvalue weighted by atomic mass is 10.1. The summed E-state index contributed by atoms with van der Waals surface area (Å²) in [4.78, 5) is 9.35. The van der Waals surface area contributed by atoms with Gasteiger partial charge >= 0.3 is 7.82 Å². The number of aliphatic hydroxyl groups is 1. The number of phosphoric acid groups is 1. The van der Waals surface area contributed by atoms with Crippen LogP contribution < -0.4 is 5.73 Å². The van der Waals surface area contributed by atoms with Crippen LogP contribution in [-0.2, 0) is 23.1 Å². The minimum absolute atomic E-state index is 0.0192. The molecule has 9 heteroatoms. The van der Waals surface area contributed by atoms with E-state index in [2.05, 4.69) is 28.1 Å². The van der Waals surface area contributed by atoms with Gasteiger partial charge in [-0.05, 0) is 32.1 Å². The lowest BCUT2D eigenvalue weighted by molar-refractivity contribution is -0.0384. The molecule has 0 fully saturated rings. The molecule has 0 spiro atoms. The fraction of sp³-hybridized carbons (Fsp3) is 0.900. The Morgan fingerprint density at radius 2 is 1.69 bits per heavy atom. The number of allylic oxidation sites excluding steroid dienone is 2. The number of hydrogen-bond donors (Lipinski definition) is 3. The van der Waals surface area contributed by atoms with Gasteiger partial charge in [0.05, 0.1) is 32.5 Å². The Morgan fingerprint density at radius 1 is 1.00 bits per heavy atom. The van der Waals surface area contributed by atoms with Crippen LogP contribution in [0.4, 0.5) is 0 Å². The second kappa shape index (κ2) is 19.6. The van der Waals surface area contributed by atoms with E-state index in [9.17, 15) is 14.6 Å². The molecule has 0 saturated carbocycles. The van der Waals surface area contributed by atoms with E-state index in [-0.39, 0.29) is 32.5 Å². The third kappa shape index (κ3) is 19.4. The number of unbranched alkanes of at least 4 members (excludes halogenated alkanes) is 6. The third-order valence-corrected chi connectivity index (χ3v) is 5.27. The van der Waals surface area contributed by atoms with Crippen LogP contribution in [0.3, 0.4) is 0 Å². The lowest BCUT2D eigenvalue weighted by Gasteiger charge is -2.18. The molecule has 0 aromatic heterocycles. The van der Waals surface area contributed by atoms with Crippen molar-refractivity contribution in [2.75, 3.05) is 40.1 Å². The van der Waals surface area contributed by atoms with Gasteiger partial charge in [-0.15, -0.1) is 0 Å². The average Bonchev–Trinajstić information content (AvgIpc) is 2.71. The lowest BCUT2D eigenvalue weighted by Crippen LogP contribution is -2.25. The van der Waals surface area contributed by atoms with Crippen molar-refractivity contribution in [2.24, 2.45) is 5.73 Å². The molecule has 0 amide bonds. The SMILES string of the molecule is CCCCCCC/C=C\CCCC(COC[C@@H](O)COP(=O)(O)OCCN)OC. The predicted octanol–water partition coefficient (Wildman–Crippen LogP) is 3.56. The second-order valence-electron chi connectivity index (χ2n) is 7.04. The molecule has 0 aliphatic heterocycles. The van der Waals surface area contributed by atoms with E-state index in [4.69, 9.17) is 15.2 Å². The fourth-order valence-electron chi connectivity index (χ4n) is 2.60. The van der Waals surface area contributed by atoms with Gasteiger partial charge < -0.3 is 25.2 Å². The smallest absolute Gasteiger partial charge is 0.388 e. The second-order valence-corrected chi connectivity index (χ2v) is 8.49. The van der Waals surface area contributed by atoms with Crippen molar-refractivity contribution < 1.29 is 33.1 Å². The van der Waals surface area contributed by atoms with Gasteiger partial charge in [0.15, 0.2) is 0 Å². The predicted molar refractivity (Wildman–Crippen MR) is 115 cm³/mol. The number of hydrogen-bond acceptors (Lipinski definition) is 7. The molecule has 0 bridgehead atoms. The van der Waals surface area contributed by atoms with Crippen LogP contribution in [0.1, 0.15) is 64.7 Å². The monoisotopic (exact) mass is 439 g/mol. The van der Waals surface area contributed by atoms with Crippen molar-refractivity contribution in [2.45, 2.75) is 76.9 Å². The zero-order valence-electron chi connectivity index (χ0n) is 18.2. The van der Waals surface area contributed by atoms with Crippen LogP contribution in [0.2, 0.25) is 0 Å². The van der Waals surface area contributed by atoms with Gasteiger partial charge in [-0.1, -0.05) is 44.8 Å². The molecule has 2 unspecified atom stereocenters. The largest absolute Gasteiger partial charge is 0.472 e. The summed E-state index contributed by atoms with van der Waals surface area (Å²) < 4.78 is 31.5. The first-order chi connectivity index (χ1) is 13.9. The molecule has 8 nitrogen and oxygen atoms in total. The van der Waals surface area contributed by atoms with E-state index in [0.29, 0.717) is 6.61 Å². The quantitative estimate of drug-likeness (QED) is 0.141. The Labute approximate surface area is 176 Å². The van der Waals surface area contributed by atoms with Crippen molar-refractivity contribution in [1.82, 2.24) is 0 Å². The van der Waals surface area contributed by atoms with Gasteiger partial charge in [0.1, 0.15) is 6.10 Å². The van der Waals surface area contributed by atoms with Gasteiger partial charge in [-0.3, -0.25) is 9.05 Å². The van der Waals surface area contributed by atoms with Crippen LogP contribution in [-0.4, -0.2) is 62.3 Å². The molecule has 0 aliphatic rings. The van der Waals surface area contributed by atoms with E-state index < -0.39 is 13.9 Å². The minimum Gasteiger partial charge on any atom is -0.388 e. The topological polar surface area (TPSA) is 120 Å². The highest BCUT2D eigenvalue weighted by Gasteiger charge is 2.22. The number of methoxy groups -OCH3 is 1. The summed E-state index contributed by atoms with van der Waals surface area (Å²) in [5.41, 5.74) is 5.19. The molecule has 29 heavy (non-hydrogen) atoms. The van der Waals surface area contributed by atoms with Gasteiger partial charge in [0.25, 0.3) is 0 Å². The molecule has 0 aromatic rings. The number of ether oxygens (including phenoxy) is 2. The standard InChI is InChI=1S/C20H42NO7P/c1-3-4-5-6-7-8-9-10-11-12-13-20(25-2)18-26-16-19(22)17-28-29(23,24)27-15-14-21/h9-10,19-20,22H,3-8,11-18,21H2,1-2H3,(H,23,24)/b10-9-/t19-,20?/m1/s1. The number of phosphoric ester groups is 1. The minimum atomic E-state index is -4.18. The molecule has 174 valence electrons. The van der Waals surface area contributed by atoms with Crippen molar-refractivity contribution in [3.63, 3.8) is 0 Å². The summed E-state index contributed by atoms with van der Waals surface area (Å²) in [6, 6.07) is 0. The molecular formula is C20H42NO7P. The Hall–Kier alpha value is -0.310. The van der Waals surface area contributed by atoms with Crippen molar-refractivity contribution in [1.29, 1.82) is 0 Å². The zero-order valence-corrected chi connectivity index (χ0v) is 19.1.